The van der Waals surface area contributed by atoms with Gasteiger partial charge in [0.15, 0.2) is 0 Å². The van der Waals surface area contributed by atoms with Gasteiger partial charge in [0.1, 0.15) is 0 Å². The number of hydrogen-bond acceptors (Lipinski definition) is 4. The SMILES string of the molecule is C=CC1=C(/N=C(\C)c2ccc(-c3cccc(-c4ccccn4)n3)c3ccccc23)C2=Nc3ccccc3C(C3C=CC=CC3)C2CC1. The quantitative estimate of drug-likeness (QED) is 0.180. The van der Waals surface area contributed by atoms with E-state index < -0.39 is 0 Å². The molecule has 0 saturated carbocycles. The van der Waals surface area contributed by atoms with E-state index in [1.807, 2.05) is 30.3 Å². The largest absolute Gasteiger partial charge is 0.255 e. The molecule has 2 aromatic heterocycles. The monoisotopic (exact) mass is 608 g/mol. The van der Waals surface area contributed by atoms with Gasteiger partial charge >= 0.3 is 0 Å². The van der Waals surface area contributed by atoms with Gasteiger partial charge in [-0.15, -0.1) is 0 Å². The summed E-state index contributed by atoms with van der Waals surface area (Å²) in [6.07, 6.45) is 15.9. The predicted molar refractivity (Wildman–Crippen MR) is 195 cm³/mol. The molecule has 3 unspecified atom stereocenters. The molecule has 0 bridgehead atoms. The van der Waals surface area contributed by atoms with E-state index in [0.717, 1.165) is 81.1 Å². The minimum Gasteiger partial charge on any atom is -0.255 e. The van der Waals surface area contributed by atoms with Gasteiger partial charge < -0.3 is 0 Å². The summed E-state index contributed by atoms with van der Waals surface area (Å²) in [4.78, 5) is 20.3. The van der Waals surface area contributed by atoms with Crippen molar-refractivity contribution in [1.29, 1.82) is 0 Å². The van der Waals surface area contributed by atoms with Crippen LogP contribution >= 0.6 is 0 Å². The highest BCUT2D eigenvalue weighted by molar-refractivity contribution is 6.15. The number of allylic oxidation sites excluding steroid dienone is 7. The molecule has 0 saturated heterocycles. The van der Waals surface area contributed by atoms with Crippen LogP contribution in [0.3, 0.4) is 0 Å². The van der Waals surface area contributed by atoms with E-state index >= 15 is 0 Å². The molecular formula is C43H36N4. The highest BCUT2D eigenvalue weighted by atomic mass is 14.9. The smallest absolute Gasteiger partial charge is 0.0893 e. The van der Waals surface area contributed by atoms with Crippen LogP contribution in [0.5, 0.6) is 0 Å². The van der Waals surface area contributed by atoms with Crippen LogP contribution < -0.4 is 0 Å². The molecule has 1 aliphatic heterocycles. The number of para-hydroxylation sites is 1. The molecule has 4 heteroatoms. The summed E-state index contributed by atoms with van der Waals surface area (Å²) < 4.78 is 0. The molecule has 3 aliphatic rings. The fourth-order valence-corrected chi connectivity index (χ4v) is 7.64. The summed E-state index contributed by atoms with van der Waals surface area (Å²) in [5.41, 5.74) is 11.5. The number of aliphatic imine (C=N–C) groups is 2. The second-order valence-corrected chi connectivity index (χ2v) is 12.5. The molecule has 2 aliphatic carbocycles. The Labute approximate surface area is 276 Å². The Morgan fingerprint density at radius 1 is 0.830 bits per heavy atom. The average molecular weight is 609 g/mol. The third kappa shape index (κ3) is 5.30. The van der Waals surface area contributed by atoms with Crippen molar-refractivity contribution >= 4 is 27.9 Å². The van der Waals surface area contributed by atoms with Gasteiger partial charge in [0, 0.05) is 34.9 Å². The Hall–Kier alpha value is -5.48. The lowest BCUT2D eigenvalue weighted by atomic mass is 9.66. The van der Waals surface area contributed by atoms with Gasteiger partial charge in [-0.25, -0.2) is 4.98 Å². The Morgan fingerprint density at radius 3 is 2.47 bits per heavy atom. The summed E-state index contributed by atoms with van der Waals surface area (Å²) in [6, 6.07) is 33.7. The molecule has 8 rings (SSSR count). The standard InChI is InChI=1S/C43H36N4/c1-3-29-23-24-36-41(30-14-5-4-6-15-30)35-18-9-10-19-38(35)47-43(36)42(29)45-28(2)31-25-26-34(33-17-8-7-16-32(31)33)37-21-13-22-40(46-37)39-20-11-12-27-44-39/h3-14,16-22,25-27,30,36,41H,1,15,23-24H2,2H3/b45-28+. The molecule has 3 aromatic carbocycles. The first-order chi connectivity index (χ1) is 23.2. The van der Waals surface area contributed by atoms with Crippen LogP contribution in [0.15, 0.2) is 161 Å². The van der Waals surface area contributed by atoms with Crippen LogP contribution in [-0.4, -0.2) is 21.4 Å². The number of pyridine rings is 2. The lowest BCUT2D eigenvalue weighted by molar-refractivity contribution is 0.395. The van der Waals surface area contributed by atoms with Crippen molar-refractivity contribution in [2.24, 2.45) is 21.8 Å². The topological polar surface area (TPSA) is 50.5 Å². The highest BCUT2D eigenvalue weighted by Gasteiger charge is 2.40. The third-order valence-corrected chi connectivity index (χ3v) is 9.86. The number of rotatable bonds is 6. The maximum absolute atomic E-state index is 5.44. The van der Waals surface area contributed by atoms with Crippen LogP contribution in [0, 0.1) is 11.8 Å². The zero-order valence-electron chi connectivity index (χ0n) is 26.6. The highest BCUT2D eigenvalue weighted by Crippen LogP contribution is 2.50. The molecular weight excluding hydrogens is 573 g/mol. The summed E-state index contributed by atoms with van der Waals surface area (Å²) in [5, 5.41) is 2.29. The first kappa shape index (κ1) is 29.0. The van der Waals surface area contributed by atoms with E-state index in [0.29, 0.717) is 17.8 Å². The summed E-state index contributed by atoms with van der Waals surface area (Å²) in [6.45, 7) is 6.34. The lowest BCUT2D eigenvalue weighted by Crippen LogP contribution is -2.34. The summed E-state index contributed by atoms with van der Waals surface area (Å²) >= 11 is 0. The molecule has 0 radical (unpaired) electrons. The molecule has 47 heavy (non-hydrogen) atoms. The number of hydrogen-bond donors (Lipinski definition) is 0. The van der Waals surface area contributed by atoms with Crippen LogP contribution in [0.4, 0.5) is 5.69 Å². The zero-order chi connectivity index (χ0) is 31.7. The third-order valence-electron chi connectivity index (χ3n) is 9.86. The van der Waals surface area contributed by atoms with Gasteiger partial charge in [-0.3, -0.25) is 15.0 Å². The first-order valence-corrected chi connectivity index (χ1v) is 16.5. The van der Waals surface area contributed by atoms with Crippen LogP contribution in [0.25, 0.3) is 33.4 Å². The van der Waals surface area contributed by atoms with Gasteiger partial charge in [-0.2, -0.15) is 0 Å². The van der Waals surface area contributed by atoms with Crippen LogP contribution in [-0.2, 0) is 0 Å². The Morgan fingerprint density at radius 2 is 1.64 bits per heavy atom. The molecule has 3 heterocycles. The van der Waals surface area contributed by atoms with Gasteiger partial charge in [-0.05, 0) is 84.3 Å². The zero-order valence-corrected chi connectivity index (χ0v) is 26.6. The maximum Gasteiger partial charge on any atom is 0.0893 e. The van der Waals surface area contributed by atoms with Crippen molar-refractivity contribution in [2.75, 3.05) is 0 Å². The summed E-state index contributed by atoms with van der Waals surface area (Å²) in [5.74, 6) is 1.11. The number of nitrogens with zero attached hydrogens (tertiary/aromatic N) is 4. The molecule has 228 valence electrons. The van der Waals surface area contributed by atoms with Gasteiger partial charge in [0.2, 0.25) is 0 Å². The van der Waals surface area contributed by atoms with Crippen molar-refractivity contribution in [3.8, 4) is 22.6 Å². The Kier molecular flexibility index (Phi) is 7.62. The number of fused-ring (bicyclic) bond motifs is 3. The van der Waals surface area contributed by atoms with E-state index in [9.17, 15) is 0 Å². The van der Waals surface area contributed by atoms with Gasteiger partial charge in [-0.1, -0.05) is 104 Å². The lowest BCUT2D eigenvalue weighted by Gasteiger charge is -2.40. The Bertz CT molecular complexity index is 2170. The predicted octanol–water partition coefficient (Wildman–Crippen LogP) is 10.6. The Balaban J connectivity index is 1.22. The van der Waals surface area contributed by atoms with E-state index in [-0.39, 0.29) is 0 Å². The average Bonchev–Trinajstić information content (AvgIpc) is 3.14. The van der Waals surface area contributed by atoms with Crippen molar-refractivity contribution in [3.63, 3.8) is 0 Å². The van der Waals surface area contributed by atoms with Crippen LogP contribution in [0.1, 0.15) is 43.2 Å². The molecule has 0 fully saturated rings. The van der Waals surface area contributed by atoms with E-state index in [1.165, 1.54) is 11.1 Å². The summed E-state index contributed by atoms with van der Waals surface area (Å²) in [7, 11) is 0. The van der Waals surface area contributed by atoms with Gasteiger partial charge in [0.25, 0.3) is 0 Å². The molecule has 0 N–H and O–H groups in total. The minimum atomic E-state index is 0.304. The van der Waals surface area contributed by atoms with Crippen molar-refractivity contribution in [3.05, 3.63) is 163 Å². The fourth-order valence-electron chi connectivity index (χ4n) is 7.64. The van der Waals surface area contributed by atoms with E-state index in [4.69, 9.17) is 15.0 Å². The maximum atomic E-state index is 5.44. The molecule has 3 atom stereocenters. The number of aromatic nitrogens is 2. The first-order valence-electron chi connectivity index (χ1n) is 16.5. The van der Waals surface area contributed by atoms with Crippen molar-refractivity contribution in [2.45, 2.75) is 32.1 Å². The fraction of sp³-hybridized carbons (Fsp3) is 0.163. The van der Waals surface area contributed by atoms with Crippen molar-refractivity contribution in [1.82, 2.24) is 9.97 Å². The molecule has 0 amide bonds. The number of benzene rings is 3. The van der Waals surface area contributed by atoms with E-state index in [1.54, 1.807) is 6.20 Å². The van der Waals surface area contributed by atoms with Gasteiger partial charge in [0.05, 0.1) is 34.2 Å². The minimum absolute atomic E-state index is 0.304. The molecule has 4 nitrogen and oxygen atoms in total. The van der Waals surface area contributed by atoms with Crippen LogP contribution in [0.2, 0.25) is 0 Å². The second kappa shape index (κ2) is 12.4. The molecule has 5 aromatic rings. The molecule has 0 spiro atoms. The normalized spacial score (nSPS) is 20.5. The van der Waals surface area contributed by atoms with Crippen molar-refractivity contribution < 1.29 is 0 Å². The van der Waals surface area contributed by atoms with E-state index in [2.05, 4.69) is 116 Å². The second-order valence-electron chi connectivity index (χ2n) is 12.5.